The summed E-state index contributed by atoms with van der Waals surface area (Å²) in [5, 5.41) is 0.869. The molecule has 0 aliphatic carbocycles. The molecule has 0 saturated carbocycles. The molecule has 2 aromatic rings. The monoisotopic (exact) mass is 347 g/mol. The highest BCUT2D eigenvalue weighted by molar-refractivity contribution is 6.06. The maximum atomic E-state index is 12.5. The van der Waals surface area contributed by atoms with Crippen molar-refractivity contribution in [3.8, 4) is 5.75 Å². The summed E-state index contributed by atoms with van der Waals surface area (Å²) in [5.74, 6) is 0.489. The average molecular weight is 347 g/mol. The molecule has 0 bridgehead atoms. The normalized spacial score (nSPS) is 12.4. The van der Waals surface area contributed by atoms with Gasteiger partial charge in [0.15, 0.2) is 0 Å². The predicted octanol–water partition coefficient (Wildman–Crippen LogP) is 4.34. The molecule has 1 aromatic carbocycles. The van der Waals surface area contributed by atoms with Crippen molar-refractivity contribution in [2.45, 2.75) is 53.2 Å². The number of carbonyl (C=O) groups excluding carboxylic acids is 1. The molecule has 0 unspecified atom stereocenters. The first kappa shape index (κ1) is 19.3. The molecule has 1 heterocycles. The van der Waals surface area contributed by atoms with Gasteiger partial charge in [-0.2, -0.15) is 0 Å². The van der Waals surface area contributed by atoms with E-state index in [9.17, 15) is 4.79 Å². The Morgan fingerprint density at radius 1 is 1.28 bits per heavy atom. The first-order valence-corrected chi connectivity index (χ1v) is 8.98. The van der Waals surface area contributed by atoms with Crippen molar-refractivity contribution in [1.82, 2.24) is 4.57 Å². The van der Waals surface area contributed by atoms with Crippen molar-refractivity contribution in [3.05, 3.63) is 29.5 Å². The van der Waals surface area contributed by atoms with Gasteiger partial charge in [-0.15, -0.1) is 0 Å². The number of hydrogen-bond acceptors (Lipinski definition) is 4. The molecule has 0 amide bonds. The molecule has 0 radical (unpaired) electrons. The van der Waals surface area contributed by atoms with Crippen LogP contribution in [0.5, 0.6) is 5.75 Å². The zero-order chi connectivity index (χ0) is 18.4. The lowest BCUT2D eigenvalue weighted by Gasteiger charge is -2.14. The van der Waals surface area contributed by atoms with Crippen LogP contribution in [-0.2, 0) is 16.0 Å². The molecule has 0 fully saturated rings. The van der Waals surface area contributed by atoms with Gasteiger partial charge in [0.25, 0.3) is 0 Å². The third kappa shape index (κ3) is 4.34. The molecule has 5 nitrogen and oxygen atoms in total. The fourth-order valence-corrected chi connectivity index (χ4v) is 3.16. The fraction of sp³-hybridized carbons (Fsp3) is 0.550. The first-order chi connectivity index (χ1) is 12.0. The van der Waals surface area contributed by atoms with Crippen molar-refractivity contribution < 1.29 is 19.0 Å². The average Bonchev–Trinajstić information content (AvgIpc) is 2.84. The van der Waals surface area contributed by atoms with Crippen molar-refractivity contribution in [1.29, 1.82) is 0 Å². The van der Waals surface area contributed by atoms with Crippen LogP contribution in [0.25, 0.3) is 10.9 Å². The van der Waals surface area contributed by atoms with E-state index in [1.54, 1.807) is 7.11 Å². The lowest BCUT2D eigenvalue weighted by molar-refractivity contribution is 0.0527. The summed E-state index contributed by atoms with van der Waals surface area (Å²) >= 11 is 0. The Morgan fingerprint density at radius 3 is 2.68 bits per heavy atom. The number of ether oxygens (including phenoxy) is 3. The number of fused-ring (bicyclic) bond motifs is 1. The number of benzene rings is 1. The van der Waals surface area contributed by atoms with E-state index in [4.69, 9.17) is 14.2 Å². The van der Waals surface area contributed by atoms with Gasteiger partial charge >= 0.3 is 5.97 Å². The largest absolute Gasteiger partial charge is 0.491 e. The smallest absolute Gasteiger partial charge is 0.340 e. The maximum absolute atomic E-state index is 12.5. The van der Waals surface area contributed by atoms with Gasteiger partial charge in [0.2, 0.25) is 0 Å². The van der Waals surface area contributed by atoms with E-state index in [2.05, 4.69) is 18.4 Å². The zero-order valence-corrected chi connectivity index (χ0v) is 15.9. The Morgan fingerprint density at radius 2 is 2.04 bits per heavy atom. The lowest BCUT2D eigenvalue weighted by Crippen LogP contribution is -2.11. The van der Waals surface area contributed by atoms with Gasteiger partial charge in [-0.3, -0.25) is 0 Å². The minimum absolute atomic E-state index is 0.144. The molecule has 25 heavy (non-hydrogen) atoms. The van der Waals surface area contributed by atoms with Gasteiger partial charge in [-0.1, -0.05) is 13.3 Å². The van der Waals surface area contributed by atoms with Gasteiger partial charge in [0, 0.05) is 30.3 Å². The molecule has 0 aliphatic rings. The van der Waals surface area contributed by atoms with Crippen LogP contribution in [-0.4, -0.2) is 37.0 Å². The molecule has 1 aromatic heterocycles. The van der Waals surface area contributed by atoms with Crippen molar-refractivity contribution >= 4 is 16.9 Å². The number of esters is 1. The van der Waals surface area contributed by atoms with Gasteiger partial charge < -0.3 is 18.8 Å². The summed E-state index contributed by atoms with van der Waals surface area (Å²) in [6, 6.07) is 5.92. The Hall–Kier alpha value is -2.01. The van der Waals surface area contributed by atoms with Gasteiger partial charge in [0.05, 0.1) is 24.9 Å². The second-order valence-electron chi connectivity index (χ2n) is 6.22. The second-order valence-corrected chi connectivity index (χ2v) is 6.22. The van der Waals surface area contributed by atoms with Crippen LogP contribution in [0, 0.1) is 6.92 Å². The van der Waals surface area contributed by atoms with E-state index in [1.807, 2.05) is 32.0 Å². The fourth-order valence-electron chi connectivity index (χ4n) is 3.16. The third-order valence-corrected chi connectivity index (χ3v) is 4.33. The van der Waals surface area contributed by atoms with E-state index in [-0.39, 0.29) is 12.1 Å². The number of nitrogens with zero attached hydrogens (tertiary/aromatic N) is 1. The van der Waals surface area contributed by atoms with Crippen LogP contribution in [0.15, 0.2) is 18.2 Å². The Kier molecular flexibility index (Phi) is 6.88. The molecular formula is C20H29NO4. The predicted molar refractivity (Wildman–Crippen MR) is 99.5 cm³/mol. The summed E-state index contributed by atoms with van der Waals surface area (Å²) in [6.07, 6.45) is 2.21. The highest BCUT2D eigenvalue weighted by atomic mass is 16.5. The van der Waals surface area contributed by atoms with E-state index in [0.29, 0.717) is 25.3 Å². The minimum Gasteiger partial charge on any atom is -0.491 e. The van der Waals surface area contributed by atoms with Crippen molar-refractivity contribution in [2.24, 2.45) is 0 Å². The Balaban J connectivity index is 2.49. The number of rotatable bonds is 9. The number of aromatic nitrogens is 1. The molecule has 0 aliphatic heterocycles. The minimum atomic E-state index is -0.292. The topological polar surface area (TPSA) is 49.7 Å². The van der Waals surface area contributed by atoms with Crippen molar-refractivity contribution in [2.75, 3.05) is 20.3 Å². The van der Waals surface area contributed by atoms with Gasteiger partial charge in [-0.25, -0.2) is 4.79 Å². The SMILES string of the molecule is CCC[C@H](C)Oc1ccc2c(c1)c(C(=O)OCC)c(C)n2CCOC. The van der Waals surface area contributed by atoms with Crippen LogP contribution < -0.4 is 4.74 Å². The first-order valence-electron chi connectivity index (χ1n) is 8.98. The summed E-state index contributed by atoms with van der Waals surface area (Å²) in [4.78, 5) is 12.5. The van der Waals surface area contributed by atoms with Crippen LogP contribution in [0.2, 0.25) is 0 Å². The maximum Gasteiger partial charge on any atom is 0.340 e. The van der Waals surface area contributed by atoms with Crippen LogP contribution >= 0.6 is 0 Å². The highest BCUT2D eigenvalue weighted by Gasteiger charge is 2.21. The van der Waals surface area contributed by atoms with E-state index >= 15 is 0 Å². The molecule has 0 spiro atoms. The van der Waals surface area contributed by atoms with Crippen molar-refractivity contribution in [3.63, 3.8) is 0 Å². The number of methoxy groups -OCH3 is 1. The molecule has 1 atom stereocenters. The number of hydrogen-bond donors (Lipinski definition) is 0. The molecule has 5 heteroatoms. The Labute approximate surface area is 149 Å². The summed E-state index contributed by atoms with van der Waals surface area (Å²) in [6.45, 7) is 9.59. The zero-order valence-electron chi connectivity index (χ0n) is 15.9. The quantitative estimate of drug-likeness (QED) is 0.633. The Bertz CT molecular complexity index is 720. The van der Waals surface area contributed by atoms with Gasteiger partial charge in [0.1, 0.15) is 5.75 Å². The van der Waals surface area contributed by atoms with Crippen LogP contribution in [0.3, 0.4) is 0 Å². The molecule has 0 N–H and O–H groups in total. The molecule has 2 rings (SSSR count). The number of carbonyl (C=O) groups is 1. The second kappa shape index (κ2) is 8.90. The standard InChI is InChI=1S/C20H29NO4/c1-6-8-14(3)25-16-9-10-18-17(13-16)19(20(22)24-7-2)15(4)21(18)11-12-23-5/h9-10,13-14H,6-8,11-12H2,1-5H3/t14-/m0/s1. The van der Waals surface area contributed by atoms with Crippen LogP contribution in [0.4, 0.5) is 0 Å². The molecule has 0 saturated heterocycles. The molecule has 138 valence electrons. The van der Waals surface area contributed by atoms with E-state index in [1.165, 1.54) is 0 Å². The molecular weight excluding hydrogens is 318 g/mol. The summed E-state index contributed by atoms with van der Waals surface area (Å²) in [7, 11) is 1.67. The van der Waals surface area contributed by atoms with E-state index < -0.39 is 0 Å². The summed E-state index contributed by atoms with van der Waals surface area (Å²) < 4.78 is 18.6. The third-order valence-electron chi connectivity index (χ3n) is 4.33. The lowest BCUT2D eigenvalue weighted by atomic mass is 10.1. The van der Waals surface area contributed by atoms with Gasteiger partial charge in [-0.05, 0) is 45.4 Å². The summed E-state index contributed by atoms with van der Waals surface area (Å²) in [5.41, 5.74) is 2.50. The van der Waals surface area contributed by atoms with Crippen LogP contribution in [0.1, 0.15) is 49.7 Å². The van der Waals surface area contributed by atoms with E-state index in [0.717, 1.165) is 35.2 Å². The highest BCUT2D eigenvalue weighted by Crippen LogP contribution is 2.30.